The first-order chi connectivity index (χ1) is 4.33. The molecule has 1 unspecified atom stereocenters. The van der Waals surface area contributed by atoms with Crippen molar-refractivity contribution < 1.29 is 14.4 Å². The van der Waals surface area contributed by atoms with Gasteiger partial charge in [-0.15, -0.1) is 0 Å². The highest BCUT2D eigenvalue weighted by atomic mass is 16.3. The highest BCUT2D eigenvalue weighted by Gasteiger charge is 2.18. The number of hydrogen-bond acceptors (Lipinski definition) is 2. The SMILES string of the molecule is CC(=O)C(O)C[N+](C)(C)C. The molecule has 0 rings (SSSR count). The Kier molecular flexibility index (Phi) is 2.99. The molecule has 0 aliphatic rings. The van der Waals surface area contributed by atoms with Gasteiger partial charge in [0.2, 0.25) is 0 Å². The summed E-state index contributed by atoms with van der Waals surface area (Å²) in [6, 6.07) is 0. The Morgan fingerprint density at radius 2 is 1.90 bits per heavy atom. The van der Waals surface area contributed by atoms with E-state index in [1.54, 1.807) is 0 Å². The number of quaternary nitrogens is 1. The van der Waals surface area contributed by atoms with Gasteiger partial charge in [-0.1, -0.05) is 0 Å². The first-order valence-corrected chi connectivity index (χ1v) is 3.32. The Morgan fingerprint density at radius 1 is 1.50 bits per heavy atom. The van der Waals surface area contributed by atoms with E-state index in [0.29, 0.717) is 11.0 Å². The lowest BCUT2D eigenvalue weighted by Crippen LogP contribution is -2.43. The zero-order valence-electron chi connectivity index (χ0n) is 7.09. The smallest absolute Gasteiger partial charge is 0.164 e. The summed E-state index contributed by atoms with van der Waals surface area (Å²) in [5.41, 5.74) is 0. The Balaban J connectivity index is 3.80. The maximum Gasteiger partial charge on any atom is 0.164 e. The highest BCUT2D eigenvalue weighted by molar-refractivity contribution is 5.80. The molecule has 1 atom stereocenters. The first kappa shape index (κ1) is 9.59. The Morgan fingerprint density at radius 3 is 2.00 bits per heavy atom. The minimum Gasteiger partial charge on any atom is -0.380 e. The van der Waals surface area contributed by atoms with E-state index in [1.807, 2.05) is 21.1 Å². The quantitative estimate of drug-likeness (QED) is 0.552. The Bertz CT molecular complexity index is 126. The third-order valence-corrected chi connectivity index (χ3v) is 1.19. The number of nitrogens with zero attached hydrogens (tertiary/aromatic N) is 1. The van der Waals surface area contributed by atoms with Crippen molar-refractivity contribution in [2.75, 3.05) is 27.7 Å². The zero-order chi connectivity index (χ0) is 8.36. The molecule has 0 heterocycles. The number of likely N-dealkylation sites (N-methyl/N-ethyl adjacent to an activating group) is 1. The van der Waals surface area contributed by atoms with Crippen LogP contribution < -0.4 is 0 Å². The second-order valence-electron chi connectivity index (χ2n) is 3.60. The molecule has 1 N–H and O–H groups in total. The predicted molar refractivity (Wildman–Crippen MR) is 39.6 cm³/mol. The molecule has 3 heteroatoms. The number of rotatable bonds is 3. The van der Waals surface area contributed by atoms with Crippen molar-refractivity contribution in [3.05, 3.63) is 0 Å². The molecule has 0 spiro atoms. The summed E-state index contributed by atoms with van der Waals surface area (Å²) in [5, 5.41) is 9.10. The van der Waals surface area contributed by atoms with E-state index < -0.39 is 6.10 Å². The van der Waals surface area contributed by atoms with Crippen molar-refractivity contribution >= 4 is 5.78 Å². The van der Waals surface area contributed by atoms with Gasteiger partial charge >= 0.3 is 0 Å². The number of hydrogen-bond donors (Lipinski definition) is 1. The van der Waals surface area contributed by atoms with E-state index in [-0.39, 0.29) is 5.78 Å². The molecular formula is C7H16NO2+. The number of aliphatic hydroxyl groups excluding tert-OH is 1. The molecule has 0 saturated heterocycles. The monoisotopic (exact) mass is 146 g/mol. The van der Waals surface area contributed by atoms with Crippen molar-refractivity contribution in [1.82, 2.24) is 0 Å². The van der Waals surface area contributed by atoms with Gasteiger partial charge < -0.3 is 9.59 Å². The van der Waals surface area contributed by atoms with E-state index in [4.69, 9.17) is 5.11 Å². The van der Waals surface area contributed by atoms with Crippen molar-refractivity contribution in [1.29, 1.82) is 0 Å². The number of carbonyl (C=O) groups excluding carboxylic acids is 1. The van der Waals surface area contributed by atoms with Crippen molar-refractivity contribution in [2.24, 2.45) is 0 Å². The summed E-state index contributed by atoms with van der Waals surface area (Å²) in [6.45, 7) is 1.88. The van der Waals surface area contributed by atoms with Gasteiger partial charge in [-0.05, 0) is 6.92 Å². The van der Waals surface area contributed by atoms with Crippen molar-refractivity contribution in [3.63, 3.8) is 0 Å². The molecule has 0 aromatic carbocycles. The topological polar surface area (TPSA) is 37.3 Å². The van der Waals surface area contributed by atoms with Gasteiger partial charge in [0.15, 0.2) is 11.9 Å². The second kappa shape index (κ2) is 3.12. The van der Waals surface area contributed by atoms with Crippen LogP contribution in [-0.4, -0.2) is 49.2 Å². The molecule has 60 valence electrons. The number of carbonyl (C=O) groups is 1. The van der Waals surface area contributed by atoms with Gasteiger partial charge in [0.25, 0.3) is 0 Å². The molecular weight excluding hydrogens is 130 g/mol. The fourth-order valence-electron chi connectivity index (χ4n) is 0.647. The number of aliphatic hydroxyl groups is 1. The lowest BCUT2D eigenvalue weighted by molar-refractivity contribution is -0.872. The molecule has 0 aliphatic carbocycles. The van der Waals surface area contributed by atoms with Crippen LogP contribution in [0.4, 0.5) is 0 Å². The standard InChI is InChI=1S/C7H16NO2/c1-6(9)7(10)5-8(2,3)4/h7,10H,5H2,1-4H3/q+1. The number of ketones is 1. The van der Waals surface area contributed by atoms with Crippen LogP contribution in [0.15, 0.2) is 0 Å². The van der Waals surface area contributed by atoms with Crippen molar-refractivity contribution in [2.45, 2.75) is 13.0 Å². The molecule has 0 aliphatic heterocycles. The lowest BCUT2D eigenvalue weighted by atomic mass is 10.2. The number of Topliss-reactive ketones (excluding diaryl/α,β-unsaturated/α-hetero) is 1. The van der Waals surface area contributed by atoms with Gasteiger partial charge in [0, 0.05) is 0 Å². The first-order valence-electron chi connectivity index (χ1n) is 3.32. The van der Waals surface area contributed by atoms with Crippen LogP contribution in [0.5, 0.6) is 0 Å². The molecule has 0 radical (unpaired) electrons. The summed E-state index contributed by atoms with van der Waals surface area (Å²) in [7, 11) is 5.81. The predicted octanol–water partition coefficient (Wildman–Crippen LogP) is -0.358. The fourth-order valence-corrected chi connectivity index (χ4v) is 0.647. The van der Waals surface area contributed by atoms with Crippen LogP contribution in [0.1, 0.15) is 6.92 Å². The van der Waals surface area contributed by atoms with Crippen LogP contribution in [-0.2, 0) is 4.79 Å². The highest BCUT2D eigenvalue weighted by Crippen LogP contribution is 1.95. The molecule has 10 heavy (non-hydrogen) atoms. The van der Waals surface area contributed by atoms with Gasteiger partial charge in [-0.2, -0.15) is 0 Å². The van der Waals surface area contributed by atoms with E-state index in [2.05, 4.69) is 0 Å². The third-order valence-electron chi connectivity index (χ3n) is 1.19. The van der Waals surface area contributed by atoms with Gasteiger partial charge in [0.1, 0.15) is 6.54 Å². The molecule has 0 fully saturated rings. The fraction of sp³-hybridized carbons (Fsp3) is 0.857. The molecule has 0 aromatic rings. The van der Waals surface area contributed by atoms with Crippen LogP contribution in [0, 0.1) is 0 Å². The maximum absolute atomic E-state index is 10.6. The minimum absolute atomic E-state index is 0.159. The molecule has 0 bridgehead atoms. The van der Waals surface area contributed by atoms with Gasteiger partial charge in [-0.3, -0.25) is 4.79 Å². The van der Waals surface area contributed by atoms with E-state index in [1.165, 1.54) is 6.92 Å². The normalized spacial score (nSPS) is 14.9. The van der Waals surface area contributed by atoms with Crippen molar-refractivity contribution in [3.8, 4) is 0 Å². The average Bonchev–Trinajstić information content (AvgIpc) is 1.60. The van der Waals surface area contributed by atoms with Crippen LogP contribution in [0.25, 0.3) is 0 Å². The van der Waals surface area contributed by atoms with E-state index >= 15 is 0 Å². The molecule has 0 amide bonds. The molecule has 0 saturated carbocycles. The molecule has 0 aromatic heterocycles. The largest absolute Gasteiger partial charge is 0.380 e. The lowest BCUT2D eigenvalue weighted by Gasteiger charge is -2.25. The Hall–Kier alpha value is -0.410. The summed E-state index contributed by atoms with van der Waals surface area (Å²) in [5.74, 6) is -0.159. The summed E-state index contributed by atoms with van der Waals surface area (Å²) in [4.78, 5) is 10.6. The Labute approximate surface area is 61.9 Å². The van der Waals surface area contributed by atoms with Gasteiger partial charge in [-0.25, -0.2) is 0 Å². The maximum atomic E-state index is 10.6. The summed E-state index contributed by atoms with van der Waals surface area (Å²) < 4.78 is 0.612. The average molecular weight is 146 g/mol. The third kappa shape index (κ3) is 4.47. The van der Waals surface area contributed by atoms with E-state index in [0.717, 1.165) is 0 Å². The van der Waals surface area contributed by atoms with E-state index in [9.17, 15) is 4.79 Å². The van der Waals surface area contributed by atoms with Gasteiger partial charge in [0.05, 0.1) is 21.1 Å². The summed E-state index contributed by atoms with van der Waals surface area (Å²) >= 11 is 0. The zero-order valence-corrected chi connectivity index (χ0v) is 7.09. The second-order valence-corrected chi connectivity index (χ2v) is 3.60. The van der Waals surface area contributed by atoms with Crippen LogP contribution in [0.3, 0.4) is 0 Å². The summed E-state index contributed by atoms with van der Waals surface area (Å²) in [6.07, 6.45) is -0.806. The van der Waals surface area contributed by atoms with Crippen LogP contribution >= 0.6 is 0 Å². The minimum atomic E-state index is -0.806. The van der Waals surface area contributed by atoms with Crippen LogP contribution in [0.2, 0.25) is 0 Å². The molecule has 3 nitrogen and oxygen atoms in total.